The van der Waals surface area contributed by atoms with Gasteiger partial charge in [0, 0.05) is 37.2 Å². The molecule has 0 saturated carbocycles. The van der Waals surface area contributed by atoms with Gasteiger partial charge in [0.2, 0.25) is 0 Å². The van der Waals surface area contributed by atoms with Crippen molar-refractivity contribution in [1.29, 1.82) is 0 Å². The number of nitro benzene ring substituents is 2. The van der Waals surface area contributed by atoms with E-state index in [0.29, 0.717) is 10.6 Å². The standard InChI is InChI=1S/C24H20N6O10/c31-21-8-9-22(32)28(21)40-23(33)18(26-24(34)39-13-15-4-2-1-3-5-15)10-17-12-25-14-27(17)19-7-6-16(29(35)36)11-20(19)30(37)38/h1-7,11-12,14,18H,8-10,13H2,(H,26,34). The van der Waals surface area contributed by atoms with Crippen molar-refractivity contribution < 1.29 is 38.6 Å². The molecule has 206 valence electrons. The predicted molar refractivity (Wildman–Crippen MR) is 131 cm³/mol. The maximum Gasteiger partial charge on any atom is 0.408 e. The summed E-state index contributed by atoms with van der Waals surface area (Å²) >= 11 is 0. The molecule has 3 amide bonds. The largest absolute Gasteiger partial charge is 0.445 e. The molecule has 1 N–H and O–H groups in total. The van der Waals surface area contributed by atoms with Crippen molar-refractivity contribution in [2.24, 2.45) is 0 Å². The Labute approximate surface area is 224 Å². The smallest absolute Gasteiger partial charge is 0.408 e. The Kier molecular flexibility index (Phi) is 8.07. The van der Waals surface area contributed by atoms with Crippen molar-refractivity contribution in [2.45, 2.75) is 31.9 Å². The van der Waals surface area contributed by atoms with Crippen LogP contribution in [0.4, 0.5) is 16.2 Å². The summed E-state index contributed by atoms with van der Waals surface area (Å²) in [7, 11) is 0. The molecule has 1 saturated heterocycles. The van der Waals surface area contributed by atoms with Crippen molar-refractivity contribution in [3.05, 3.63) is 92.5 Å². The number of amides is 3. The summed E-state index contributed by atoms with van der Waals surface area (Å²) in [6, 6.07) is 10.1. The maximum atomic E-state index is 13.0. The fraction of sp³-hybridized carbons (Fsp3) is 0.208. The molecule has 4 rings (SSSR count). The summed E-state index contributed by atoms with van der Waals surface area (Å²) in [6.45, 7) is -0.134. The summed E-state index contributed by atoms with van der Waals surface area (Å²) in [5.41, 5.74) is -0.431. The molecule has 16 heteroatoms. The number of alkyl carbamates (subject to hydrolysis) is 1. The average Bonchev–Trinajstić information content (AvgIpc) is 3.53. The zero-order valence-electron chi connectivity index (χ0n) is 20.5. The zero-order chi connectivity index (χ0) is 28.8. The van der Waals surface area contributed by atoms with Gasteiger partial charge in [-0.15, -0.1) is 5.06 Å². The first-order chi connectivity index (χ1) is 19.1. The number of nitro groups is 2. The number of carbonyl (C=O) groups is 4. The van der Waals surface area contributed by atoms with Crippen LogP contribution >= 0.6 is 0 Å². The van der Waals surface area contributed by atoms with E-state index in [1.165, 1.54) is 17.1 Å². The Morgan fingerprint density at radius 1 is 1.02 bits per heavy atom. The zero-order valence-corrected chi connectivity index (χ0v) is 20.5. The Bertz CT molecular complexity index is 1470. The van der Waals surface area contributed by atoms with E-state index >= 15 is 0 Å². The maximum absolute atomic E-state index is 13.0. The first kappa shape index (κ1) is 27.4. The number of hydrogen-bond acceptors (Lipinski definition) is 11. The number of nitrogens with one attached hydrogen (secondary N) is 1. The molecular formula is C24H20N6O10. The SMILES string of the molecule is O=C(NC(Cc1cncn1-c1ccc([N+](=O)[O-])cc1[N+](=O)[O-])C(=O)ON1C(=O)CCC1=O)OCc1ccccc1. The number of nitrogens with zero attached hydrogens (tertiary/aromatic N) is 5. The molecule has 2 aromatic carbocycles. The van der Waals surface area contributed by atoms with Gasteiger partial charge in [0.05, 0.1) is 22.2 Å². The van der Waals surface area contributed by atoms with Gasteiger partial charge < -0.3 is 14.9 Å². The van der Waals surface area contributed by atoms with Gasteiger partial charge in [-0.2, -0.15) is 0 Å². The van der Waals surface area contributed by atoms with Gasteiger partial charge in [0.25, 0.3) is 23.2 Å². The molecule has 0 radical (unpaired) electrons. The first-order valence-electron chi connectivity index (χ1n) is 11.6. The van der Waals surface area contributed by atoms with Gasteiger partial charge in [-0.05, 0) is 11.6 Å². The Balaban J connectivity index is 1.60. The second-order valence-corrected chi connectivity index (χ2v) is 8.40. The van der Waals surface area contributed by atoms with Crippen LogP contribution in [0.25, 0.3) is 5.69 Å². The van der Waals surface area contributed by atoms with Crippen molar-refractivity contribution in [3.8, 4) is 5.69 Å². The molecule has 1 aliphatic heterocycles. The first-order valence-corrected chi connectivity index (χ1v) is 11.6. The lowest BCUT2D eigenvalue weighted by molar-refractivity contribution is -0.394. The lowest BCUT2D eigenvalue weighted by Crippen LogP contribution is -2.47. The van der Waals surface area contributed by atoms with Gasteiger partial charge in [0.1, 0.15) is 18.3 Å². The van der Waals surface area contributed by atoms with E-state index in [9.17, 15) is 39.4 Å². The van der Waals surface area contributed by atoms with Crippen LogP contribution in [0.3, 0.4) is 0 Å². The summed E-state index contributed by atoms with van der Waals surface area (Å²) in [6.07, 6.45) is 0.697. The van der Waals surface area contributed by atoms with Crippen LogP contribution in [0.15, 0.2) is 61.1 Å². The summed E-state index contributed by atoms with van der Waals surface area (Å²) in [5, 5.41) is 25.4. The normalized spacial score (nSPS) is 13.6. The predicted octanol–water partition coefficient (Wildman–Crippen LogP) is 2.13. The highest BCUT2D eigenvalue weighted by Gasteiger charge is 2.36. The molecule has 2 heterocycles. The minimum atomic E-state index is -1.54. The van der Waals surface area contributed by atoms with E-state index in [0.717, 1.165) is 18.2 Å². The van der Waals surface area contributed by atoms with E-state index < -0.39 is 51.1 Å². The summed E-state index contributed by atoms with van der Waals surface area (Å²) in [4.78, 5) is 79.5. The van der Waals surface area contributed by atoms with Crippen LogP contribution in [-0.2, 0) is 37.0 Å². The lowest BCUT2D eigenvalue weighted by atomic mass is 10.1. The second kappa shape index (κ2) is 11.8. The third kappa shape index (κ3) is 6.24. The topological polar surface area (TPSA) is 206 Å². The average molecular weight is 552 g/mol. The number of aromatic nitrogens is 2. The Morgan fingerprint density at radius 3 is 2.38 bits per heavy atom. The van der Waals surface area contributed by atoms with E-state index in [2.05, 4.69) is 10.3 Å². The number of imide groups is 1. The molecule has 16 nitrogen and oxygen atoms in total. The lowest BCUT2D eigenvalue weighted by Gasteiger charge is -2.20. The molecule has 3 aromatic rings. The summed E-state index contributed by atoms with van der Waals surface area (Å²) in [5.74, 6) is -2.67. The van der Waals surface area contributed by atoms with E-state index in [1.807, 2.05) is 0 Å². The van der Waals surface area contributed by atoms with E-state index in [-0.39, 0.29) is 37.3 Å². The Morgan fingerprint density at radius 2 is 1.73 bits per heavy atom. The minimum Gasteiger partial charge on any atom is -0.445 e. The number of hydroxylamine groups is 2. The van der Waals surface area contributed by atoms with Crippen LogP contribution < -0.4 is 5.32 Å². The highest BCUT2D eigenvalue weighted by Crippen LogP contribution is 2.29. The summed E-state index contributed by atoms with van der Waals surface area (Å²) < 4.78 is 6.36. The van der Waals surface area contributed by atoms with Crippen LogP contribution in [0.5, 0.6) is 0 Å². The number of non-ortho nitro benzene ring substituents is 1. The number of benzene rings is 2. The Hall–Kier alpha value is -5.67. The minimum absolute atomic E-state index is 0.105. The fourth-order valence-corrected chi connectivity index (χ4v) is 3.79. The third-order valence-corrected chi connectivity index (χ3v) is 5.73. The number of imidazole rings is 1. The molecule has 0 aliphatic carbocycles. The van der Waals surface area contributed by atoms with Crippen LogP contribution in [0.2, 0.25) is 0 Å². The molecule has 40 heavy (non-hydrogen) atoms. The van der Waals surface area contributed by atoms with E-state index in [1.54, 1.807) is 30.3 Å². The number of rotatable bonds is 10. The molecule has 1 atom stereocenters. The number of ether oxygens (including phenoxy) is 1. The molecule has 0 spiro atoms. The van der Waals surface area contributed by atoms with Crippen LogP contribution in [-0.4, -0.2) is 54.4 Å². The van der Waals surface area contributed by atoms with E-state index in [4.69, 9.17) is 9.57 Å². The molecule has 1 fully saturated rings. The van der Waals surface area contributed by atoms with Gasteiger partial charge in [-0.25, -0.2) is 14.6 Å². The molecule has 1 unspecified atom stereocenters. The van der Waals surface area contributed by atoms with Gasteiger partial charge in [-0.1, -0.05) is 30.3 Å². The van der Waals surface area contributed by atoms with Gasteiger partial charge in [0.15, 0.2) is 0 Å². The highest BCUT2D eigenvalue weighted by molar-refractivity contribution is 6.01. The highest BCUT2D eigenvalue weighted by atomic mass is 16.7. The van der Waals surface area contributed by atoms with Crippen LogP contribution in [0.1, 0.15) is 24.1 Å². The number of carbonyl (C=O) groups excluding carboxylic acids is 4. The molecular weight excluding hydrogens is 532 g/mol. The van der Waals surface area contributed by atoms with Crippen molar-refractivity contribution in [2.75, 3.05) is 0 Å². The van der Waals surface area contributed by atoms with Crippen molar-refractivity contribution in [3.63, 3.8) is 0 Å². The second-order valence-electron chi connectivity index (χ2n) is 8.40. The van der Waals surface area contributed by atoms with Crippen molar-refractivity contribution in [1.82, 2.24) is 19.9 Å². The third-order valence-electron chi connectivity index (χ3n) is 5.73. The van der Waals surface area contributed by atoms with Gasteiger partial charge >= 0.3 is 12.1 Å². The quantitative estimate of drug-likeness (QED) is 0.219. The molecule has 1 aromatic heterocycles. The monoisotopic (exact) mass is 552 g/mol. The fourth-order valence-electron chi connectivity index (χ4n) is 3.79. The van der Waals surface area contributed by atoms with Crippen molar-refractivity contribution >= 4 is 35.3 Å². The molecule has 0 bridgehead atoms. The number of hydrogen-bond donors (Lipinski definition) is 1. The van der Waals surface area contributed by atoms with Crippen LogP contribution in [0, 0.1) is 20.2 Å². The molecule has 1 aliphatic rings. The van der Waals surface area contributed by atoms with Gasteiger partial charge in [-0.3, -0.25) is 34.4 Å².